The van der Waals surface area contributed by atoms with Crippen molar-refractivity contribution in [2.24, 2.45) is 0 Å². The smallest absolute Gasteiger partial charge is 0.217 e. The Morgan fingerprint density at radius 1 is 1.15 bits per heavy atom. The third kappa shape index (κ3) is 3.00. The highest BCUT2D eigenvalue weighted by atomic mass is 16.3. The van der Waals surface area contributed by atoms with E-state index in [-0.39, 0.29) is 0 Å². The molecule has 0 radical (unpaired) electrons. The molecule has 2 N–H and O–H groups in total. The summed E-state index contributed by atoms with van der Waals surface area (Å²) in [6, 6.07) is 11.2. The molecule has 0 saturated carbocycles. The van der Waals surface area contributed by atoms with Crippen LogP contribution in [0.2, 0.25) is 0 Å². The lowest BCUT2D eigenvalue weighted by molar-refractivity contribution is 0.146. The zero-order valence-electron chi connectivity index (χ0n) is 14.1. The Balaban J connectivity index is 1.86. The second-order valence-electron chi connectivity index (χ2n) is 5.76. The van der Waals surface area contributed by atoms with E-state index in [1.54, 1.807) is 23.1 Å². The first kappa shape index (κ1) is 16.2. The van der Waals surface area contributed by atoms with Gasteiger partial charge in [0.05, 0.1) is 18.9 Å². The number of aliphatic hydroxyl groups excluding tert-OH is 1. The van der Waals surface area contributed by atoms with Gasteiger partial charge in [0.15, 0.2) is 11.6 Å². The van der Waals surface area contributed by atoms with E-state index in [0.29, 0.717) is 36.2 Å². The number of aliphatic hydroxyl groups is 1. The first-order valence-corrected chi connectivity index (χ1v) is 8.26. The molecule has 3 heterocycles. The standard InChI is InChI=1S/C17H17N7O2/c1-2-11(25)10-24-17(18-16(21-24)14-8-5-9-26-14)13-7-4-3-6-12(13)15-19-22-23-20-15/h3-9,11,25H,2,10H2,1H3,(H,19,20,22,23). The average Bonchev–Trinajstić information content (AvgIpc) is 3.42. The maximum atomic E-state index is 10.1. The number of furan rings is 1. The van der Waals surface area contributed by atoms with E-state index in [4.69, 9.17) is 4.42 Å². The van der Waals surface area contributed by atoms with Crippen molar-refractivity contribution in [2.45, 2.75) is 26.0 Å². The predicted octanol–water partition coefficient (Wildman–Crippen LogP) is 2.16. The van der Waals surface area contributed by atoms with E-state index >= 15 is 0 Å². The Hall–Kier alpha value is -3.33. The lowest BCUT2D eigenvalue weighted by Gasteiger charge is -2.11. The molecule has 9 heteroatoms. The minimum Gasteiger partial charge on any atom is -0.461 e. The Morgan fingerprint density at radius 3 is 2.69 bits per heavy atom. The third-order valence-electron chi connectivity index (χ3n) is 4.02. The minimum absolute atomic E-state index is 0.320. The molecule has 132 valence electrons. The van der Waals surface area contributed by atoms with Crippen molar-refractivity contribution in [1.29, 1.82) is 0 Å². The molecule has 26 heavy (non-hydrogen) atoms. The number of tetrazole rings is 1. The van der Waals surface area contributed by atoms with E-state index in [0.717, 1.165) is 11.1 Å². The average molecular weight is 351 g/mol. The zero-order valence-corrected chi connectivity index (χ0v) is 14.1. The molecule has 0 fully saturated rings. The number of aromatic amines is 1. The van der Waals surface area contributed by atoms with Gasteiger partial charge in [0.25, 0.3) is 0 Å². The number of benzene rings is 1. The van der Waals surface area contributed by atoms with Crippen LogP contribution >= 0.6 is 0 Å². The van der Waals surface area contributed by atoms with Crippen molar-refractivity contribution in [3.8, 4) is 34.4 Å². The summed E-state index contributed by atoms with van der Waals surface area (Å²) in [6.45, 7) is 2.24. The molecule has 0 aliphatic heterocycles. The number of hydrogen-bond donors (Lipinski definition) is 2. The summed E-state index contributed by atoms with van der Waals surface area (Å²) in [4.78, 5) is 4.64. The number of aromatic nitrogens is 7. The Bertz CT molecular complexity index is 977. The molecule has 0 amide bonds. The molecule has 3 aromatic heterocycles. The van der Waals surface area contributed by atoms with Gasteiger partial charge in [-0.05, 0) is 23.8 Å². The van der Waals surface area contributed by atoms with Gasteiger partial charge in [-0.1, -0.05) is 31.2 Å². The summed E-state index contributed by atoms with van der Waals surface area (Å²) in [5.74, 6) is 2.08. The number of nitrogens with zero attached hydrogens (tertiary/aromatic N) is 6. The fourth-order valence-electron chi connectivity index (χ4n) is 2.66. The van der Waals surface area contributed by atoms with Gasteiger partial charge in [-0.15, -0.1) is 15.3 Å². The lowest BCUT2D eigenvalue weighted by Crippen LogP contribution is -2.17. The van der Waals surface area contributed by atoms with Gasteiger partial charge in [0.2, 0.25) is 11.6 Å². The Labute approximate surface area is 148 Å². The van der Waals surface area contributed by atoms with Gasteiger partial charge in [-0.2, -0.15) is 5.21 Å². The van der Waals surface area contributed by atoms with Crippen LogP contribution in [0.1, 0.15) is 13.3 Å². The van der Waals surface area contributed by atoms with Gasteiger partial charge in [0.1, 0.15) is 0 Å². The maximum Gasteiger partial charge on any atom is 0.217 e. The van der Waals surface area contributed by atoms with Crippen LogP contribution in [0.25, 0.3) is 34.4 Å². The van der Waals surface area contributed by atoms with Crippen LogP contribution in [0.4, 0.5) is 0 Å². The molecular weight excluding hydrogens is 334 g/mol. The van der Waals surface area contributed by atoms with Crippen molar-refractivity contribution in [3.63, 3.8) is 0 Å². The summed E-state index contributed by atoms with van der Waals surface area (Å²) in [5, 5.41) is 28.9. The number of H-pyrrole nitrogens is 1. The second-order valence-corrected chi connectivity index (χ2v) is 5.76. The molecule has 4 rings (SSSR count). The number of hydrogen-bond acceptors (Lipinski definition) is 7. The van der Waals surface area contributed by atoms with Crippen molar-refractivity contribution in [3.05, 3.63) is 42.7 Å². The Morgan fingerprint density at radius 2 is 2.00 bits per heavy atom. The monoisotopic (exact) mass is 351 g/mol. The van der Waals surface area contributed by atoms with Crippen LogP contribution in [-0.4, -0.2) is 46.6 Å². The van der Waals surface area contributed by atoms with Crippen molar-refractivity contribution < 1.29 is 9.52 Å². The van der Waals surface area contributed by atoms with Gasteiger partial charge < -0.3 is 9.52 Å². The van der Waals surface area contributed by atoms with Crippen LogP contribution in [0, 0.1) is 0 Å². The molecular formula is C17H17N7O2. The molecule has 4 aromatic rings. The summed E-state index contributed by atoms with van der Waals surface area (Å²) in [7, 11) is 0. The molecule has 0 bridgehead atoms. The van der Waals surface area contributed by atoms with Crippen molar-refractivity contribution >= 4 is 0 Å². The first-order chi connectivity index (χ1) is 12.8. The molecule has 9 nitrogen and oxygen atoms in total. The van der Waals surface area contributed by atoms with Crippen LogP contribution in [0.5, 0.6) is 0 Å². The second kappa shape index (κ2) is 6.89. The molecule has 0 aliphatic carbocycles. The highest BCUT2D eigenvalue weighted by molar-refractivity contribution is 5.77. The molecule has 0 spiro atoms. The highest BCUT2D eigenvalue weighted by Gasteiger charge is 2.20. The predicted molar refractivity (Wildman–Crippen MR) is 92.6 cm³/mol. The largest absolute Gasteiger partial charge is 0.461 e. The first-order valence-electron chi connectivity index (χ1n) is 8.26. The lowest BCUT2D eigenvalue weighted by atomic mass is 10.1. The van der Waals surface area contributed by atoms with Gasteiger partial charge in [-0.25, -0.2) is 9.67 Å². The zero-order chi connectivity index (χ0) is 17.9. The maximum absolute atomic E-state index is 10.1. The Kier molecular flexibility index (Phi) is 4.28. The van der Waals surface area contributed by atoms with E-state index in [2.05, 4.69) is 30.7 Å². The minimum atomic E-state index is -0.530. The van der Waals surface area contributed by atoms with E-state index in [1.165, 1.54) is 0 Å². The summed E-state index contributed by atoms with van der Waals surface area (Å²) in [6.07, 6.45) is 1.66. The number of nitrogens with one attached hydrogen (secondary N) is 1. The molecule has 0 saturated heterocycles. The van der Waals surface area contributed by atoms with Gasteiger partial charge >= 0.3 is 0 Å². The van der Waals surface area contributed by atoms with Crippen LogP contribution in [0.3, 0.4) is 0 Å². The van der Waals surface area contributed by atoms with E-state index in [1.807, 2.05) is 31.2 Å². The van der Waals surface area contributed by atoms with E-state index in [9.17, 15) is 5.11 Å². The summed E-state index contributed by atoms with van der Waals surface area (Å²) < 4.78 is 7.10. The normalized spacial score (nSPS) is 12.4. The fraction of sp³-hybridized carbons (Fsp3) is 0.235. The van der Waals surface area contributed by atoms with Crippen LogP contribution < -0.4 is 0 Å². The summed E-state index contributed by atoms with van der Waals surface area (Å²) >= 11 is 0. The van der Waals surface area contributed by atoms with Crippen molar-refractivity contribution in [2.75, 3.05) is 0 Å². The topological polar surface area (TPSA) is 119 Å². The van der Waals surface area contributed by atoms with Crippen molar-refractivity contribution in [1.82, 2.24) is 35.4 Å². The molecule has 1 aromatic carbocycles. The quantitative estimate of drug-likeness (QED) is 0.546. The van der Waals surface area contributed by atoms with E-state index < -0.39 is 6.10 Å². The third-order valence-corrected chi connectivity index (χ3v) is 4.02. The SMILES string of the molecule is CCC(O)Cn1nc(-c2ccco2)nc1-c1ccccc1-c1nn[nH]n1. The number of rotatable bonds is 6. The summed E-state index contributed by atoms with van der Waals surface area (Å²) in [5.41, 5.74) is 1.56. The van der Waals surface area contributed by atoms with Crippen LogP contribution in [0.15, 0.2) is 47.1 Å². The highest BCUT2D eigenvalue weighted by Crippen LogP contribution is 2.30. The molecule has 1 atom stereocenters. The molecule has 0 aliphatic rings. The van der Waals surface area contributed by atoms with Crippen LogP contribution in [-0.2, 0) is 6.54 Å². The van der Waals surface area contributed by atoms with Gasteiger partial charge in [0, 0.05) is 11.1 Å². The fourth-order valence-corrected chi connectivity index (χ4v) is 2.66. The molecule has 1 unspecified atom stereocenters. The van der Waals surface area contributed by atoms with Gasteiger partial charge in [-0.3, -0.25) is 0 Å².